The van der Waals surface area contributed by atoms with E-state index in [1.165, 1.54) is 11.7 Å². The van der Waals surface area contributed by atoms with Crippen LogP contribution in [0.25, 0.3) is 0 Å². The lowest BCUT2D eigenvalue weighted by atomic mass is 9.99. The minimum atomic E-state index is -0.412. The van der Waals surface area contributed by atoms with Crippen molar-refractivity contribution in [3.05, 3.63) is 20.8 Å². The smallest absolute Gasteiger partial charge is 0.346 e. The van der Waals surface area contributed by atoms with E-state index < -0.39 is 5.69 Å². The topological polar surface area (TPSA) is 86.2 Å². The van der Waals surface area contributed by atoms with E-state index in [0.29, 0.717) is 12.4 Å². The van der Waals surface area contributed by atoms with Gasteiger partial charge in [-0.1, -0.05) is 0 Å². The summed E-state index contributed by atoms with van der Waals surface area (Å²) in [4.78, 5) is 25.6. The number of hydrogen-bond donors (Lipinski definition) is 1. The Labute approximate surface area is 105 Å². The zero-order valence-corrected chi connectivity index (χ0v) is 11.0. The molecule has 0 aromatic carbocycles. The van der Waals surface area contributed by atoms with Crippen LogP contribution in [0, 0.1) is 0 Å². The predicted molar refractivity (Wildman–Crippen MR) is 68.7 cm³/mol. The highest BCUT2D eigenvalue weighted by molar-refractivity contribution is 5.37. The average molecular weight is 253 g/mol. The van der Waals surface area contributed by atoms with Crippen molar-refractivity contribution >= 4 is 5.82 Å². The molecule has 100 valence electrons. The molecule has 1 fully saturated rings. The zero-order chi connectivity index (χ0) is 13.4. The highest BCUT2D eigenvalue weighted by Gasteiger charge is 2.27. The van der Waals surface area contributed by atoms with E-state index in [0.717, 1.165) is 17.4 Å². The third-order valence-corrected chi connectivity index (χ3v) is 3.49. The molecule has 2 rings (SSSR count). The van der Waals surface area contributed by atoms with Gasteiger partial charge >= 0.3 is 5.69 Å². The Kier molecular flexibility index (Phi) is 3.25. The Bertz CT molecular complexity index is 562. The Morgan fingerprint density at radius 1 is 1.33 bits per heavy atom. The zero-order valence-electron chi connectivity index (χ0n) is 11.0. The number of rotatable bonds is 1. The Hall–Kier alpha value is -1.63. The van der Waals surface area contributed by atoms with Gasteiger partial charge in [0.2, 0.25) is 5.82 Å². The largest absolute Gasteiger partial charge is 0.348 e. The average Bonchev–Trinajstić information content (AvgIpc) is 2.32. The standard InChI is InChI=1S/C11H19N5O2/c1-7-6-8(12)4-5-16(7)9-10(17)14(2)11(18)15(3)13-9/h7-8H,4-6,12H2,1-3H3. The highest BCUT2D eigenvalue weighted by atomic mass is 16.2. The molecule has 7 nitrogen and oxygen atoms in total. The number of nitrogens with zero attached hydrogens (tertiary/aromatic N) is 4. The second-order valence-electron chi connectivity index (χ2n) is 4.92. The van der Waals surface area contributed by atoms with Gasteiger partial charge in [-0.15, -0.1) is 5.10 Å². The Balaban J connectivity index is 2.46. The molecule has 0 radical (unpaired) electrons. The van der Waals surface area contributed by atoms with Crippen LogP contribution < -0.4 is 21.9 Å². The lowest BCUT2D eigenvalue weighted by molar-refractivity contribution is 0.420. The van der Waals surface area contributed by atoms with Gasteiger partial charge in [0.15, 0.2) is 0 Å². The summed E-state index contributed by atoms with van der Waals surface area (Å²) in [5.74, 6) is 0.332. The van der Waals surface area contributed by atoms with Gasteiger partial charge in [0.1, 0.15) is 0 Å². The van der Waals surface area contributed by atoms with Crippen molar-refractivity contribution in [3.63, 3.8) is 0 Å². The molecule has 1 aliphatic heterocycles. The molecular weight excluding hydrogens is 234 g/mol. The van der Waals surface area contributed by atoms with Gasteiger partial charge in [0.05, 0.1) is 0 Å². The highest BCUT2D eigenvalue weighted by Crippen LogP contribution is 2.19. The maximum absolute atomic E-state index is 12.1. The SMILES string of the molecule is CC1CC(N)CCN1c1nn(C)c(=O)n(C)c1=O. The van der Waals surface area contributed by atoms with Crippen molar-refractivity contribution in [2.75, 3.05) is 11.4 Å². The van der Waals surface area contributed by atoms with Crippen LogP contribution in [0.2, 0.25) is 0 Å². The number of aromatic nitrogens is 3. The van der Waals surface area contributed by atoms with E-state index >= 15 is 0 Å². The van der Waals surface area contributed by atoms with Gasteiger partial charge in [-0.3, -0.25) is 9.36 Å². The number of piperidine rings is 1. The summed E-state index contributed by atoms with van der Waals surface area (Å²) < 4.78 is 2.28. The normalized spacial score (nSPS) is 24.3. The molecule has 0 bridgehead atoms. The second kappa shape index (κ2) is 4.56. The first-order chi connectivity index (χ1) is 8.41. The van der Waals surface area contributed by atoms with Crippen molar-refractivity contribution in [3.8, 4) is 0 Å². The maximum Gasteiger partial charge on any atom is 0.346 e. The summed E-state index contributed by atoms with van der Waals surface area (Å²) >= 11 is 0. The van der Waals surface area contributed by atoms with Crippen LogP contribution in [0.15, 0.2) is 9.59 Å². The van der Waals surface area contributed by atoms with Gasteiger partial charge in [-0.2, -0.15) is 0 Å². The first-order valence-electron chi connectivity index (χ1n) is 6.08. The van der Waals surface area contributed by atoms with E-state index in [2.05, 4.69) is 5.10 Å². The summed E-state index contributed by atoms with van der Waals surface area (Å²) in [6.45, 7) is 2.72. The summed E-state index contributed by atoms with van der Waals surface area (Å²) in [6.07, 6.45) is 1.66. The van der Waals surface area contributed by atoms with Crippen LogP contribution in [-0.2, 0) is 14.1 Å². The predicted octanol–water partition coefficient (Wildman–Crippen LogP) is -1.20. The number of hydrogen-bond acceptors (Lipinski definition) is 5. The van der Waals surface area contributed by atoms with Crippen LogP contribution in [-0.4, -0.2) is 33.0 Å². The van der Waals surface area contributed by atoms with Crippen LogP contribution in [0.3, 0.4) is 0 Å². The fourth-order valence-electron chi connectivity index (χ4n) is 2.39. The first kappa shape index (κ1) is 12.8. The van der Waals surface area contributed by atoms with Crippen molar-refractivity contribution in [2.24, 2.45) is 19.8 Å². The van der Waals surface area contributed by atoms with Gasteiger partial charge in [0.25, 0.3) is 5.56 Å². The lowest BCUT2D eigenvalue weighted by Gasteiger charge is -2.36. The van der Waals surface area contributed by atoms with Gasteiger partial charge in [-0.05, 0) is 19.8 Å². The Morgan fingerprint density at radius 2 is 2.00 bits per heavy atom. The molecule has 1 aromatic heterocycles. The summed E-state index contributed by atoms with van der Waals surface area (Å²) in [6, 6.07) is 0.332. The monoisotopic (exact) mass is 253 g/mol. The van der Waals surface area contributed by atoms with E-state index in [4.69, 9.17) is 5.73 Å². The Morgan fingerprint density at radius 3 is 2.61 bits per heavy atom. The molecule has 2 heterocycles. The summed E-state index contributed by atoms with van der Waals surface area (Å²) in [7, 11) is 3.02. The quantitative estimate of drug-likeness (QED) is 0.679. The fourth-order valence-corrected chi connectivity index (χ4v) is 2.39. The van der Waals surface area contributed by atoms with Gasteiger partial charge in [0, 0.05) is 32.7 Å². The van der Waals surface area contributed by atoms with E-state index in [9.17, 15) is 9.59 Å². The third kappa shape index (κ3) is 2.05. The second-order valence-corrected chi connectivity index (χ2v) is 4.92. The summed E-state index contributed by atoms with van der Waals surface area (Å²) in [5, 5.41) is 4.09. The van der Waals surface area contributed by atoms with E-state index in [1.54, 1.807) is 7.05 Å². The molecule has 18 heavy (non-hydrogen) atoms. The molecule has 7 heteroatoms. The molecule has 1 aromatic rings. The van der Waals surface area contributed by atoms with Crippen LogP contribution in [0.5, 0.6) is 0 Å². The van der Waals surface area contributed by atoms with E-state index in [-0.39, 0.29) is 17.6 Å². The van der Waals surface area contributed by atoms with Crippen molar-refractivity contribution in [1.29, 1.82) is 0 Å². The molecule has 1 saturated heterocycles. The van der Waals surface area contributed by atoms with E-state index in [1.807, 2.05) is 11.8 Å². The van der Waals surface area contributed by atoms with Crippen LogP contribution in [0.1, 0.15) is 19.8 Å². The first-order valence-corrected chi connectivity index (χ1v) is 6.08. The van der Waals surface area contributed by atoms with Crippen LogP contribution >= 0.6 is 0 Å². The molecule has 0 aliphatic carbocycles. The molecule has 0 amide bonds. The minimum absolute atomic E-state index is 0.159. The van der Waals surface area contributed by atoms with Crippen LogP contribution in [0.4, 0.5) is 5.82 Å². The van der Waals surface area contributed by atoms with Gasteiger partial charge < -0.3 is 10.6 Å². The molecule has 1 aliphatic rings. The number of aryl methyl sites for hydroxylation is 1. The molecule has 0 spiro atoms. The molecule has 2 unspecified atom stereocenters. The molecule has 2 atom stereocenters. The minimum Gasteiger partial charge on any atom is -0.348 e. The maximum atomic E-state index is 12.1. The summed E-state index contributed by atoms with van der Waals surface area (Å²) in [5.41, 5.74) is 5.14. The number of nitrogens with two attached hydrogens (primary N) is 1. The third-order valence-electron chi connectivity index (χ3n) is 3.49. The van der Waals surface area contributed by atoms with Crippen molar-refractivity contribution in [1.82, 2.24) is 14.3 Å². The molecule has 2 N–H and O–H groups in total. The van der Waals surface area contributed by atoms with Crippen molar-refractivity contribution < 1.29 is 0 Å². The number of anilines is 1. The van der Waals surface area contributed by atoms with Crippen molar-refractivity contribution in [2.45, 2.75) is 31.8 Å². The molecular formula is C11H19N5O2. The lowest BCUT2D eigenvalue weighted by Crippen LogP contribution is -2.50. The molecule has 0 saturated carbocycles. The van der Waals surface area contributed by atoms with Gasteiger partial charge in [-0.25, -0.2) is 9.48 Å². The fraction of sp³-hybridized carbons (Fsp3) is 0.727.